The smallest absolute Gasteiger partial charge is 0.287 e. The third kappa shape index (κ3) is 3.64. The second kappa shape index (κ2) is 7.96. The second-order valence-corrected chi connectivity index (χ2v) is 8.00. The normalized spacial score (nSPS) is 15.0. The molecule has 32 heavy (non-hydrogen) atoms. The number of hydrogen-bond acceptors (Lipinski definition) is 4. The minimum Gasteiger partial charge on any atom is -0.445 e. The first-order valence-corrected chi connectivity index (χ1v) is 10.5. The zero-order valence-corrected chi connectivity index (χ0v) is 17.2. The number of H-pyrrole nitrogens is 1. The summed E-state index contributed by atoms with van der Waals surface area (Å²) in [5, 5.41) is 12.6. The molecular weight excluding hydrogens is 411 g/mol. The highest BCUT2D eigenvalue weighted by molar-refractivity contribution is 6.07. The van der Waals surface area contributed by atoms with Gasteiger partial charge in [0.15, 0.2) is 17.2 Å². The van der Waals surface area contributed by atoms with Crippen molar-refractivity contribution in [1.29, 1.82) is 0 Å². The van der Waals surface area contributed by atoms with Gasteiger partial charge >= 0.3 is 0 Å². The molecule has 2 amide bonds. The fourth-order valence-electron chi connectivity index (χ4n) is 4.29. The number of nitrogens with zero attached hydrogens (tertiary/aromatic N) is 1. The molecule has 1 fully saturated rings. The lowest BCUT2D eigenvalue weighted by Crippen LogP contribution is -2.43. The molecule has 1 aliphatic rings. The van der Waals surface area contributed by atoms with Crippen molar-refractivity contribution in [3.63, 3.8) is 0 Å². The number of anilines is 1. The molecule has 5 rings (SSSR count). The molecule has 0 atom stereocenters. The summed E-state index contributed by atoms with van der Waals surface area (Å²) < 4.78 is 18.9. The van der Waals surface area contributed by atoms with Crippen LogP contribution in [0.5, 0.6) is 0 Å². The van der Waals surface area contributed by atoms with Crippen LogP contribution >= 0.6 is 0 Å². The minimum atomic E-state index is -0.463. The first-order chi connectivity index (χ1) is 15.5. The van der Waals surface area contributed by atoms with Gasteiger partial charge in [-0.1, -0.05) is 43.2 Å². The highest BCUT2D eigenvalue weighted by atomic mass is 19.1. The van der Waals surface area contributed by atoms with Gasteiger partial charge in [-0.2, -0.15) is 5.10 Å². The topological polar surface area (TPSA) is 100 Å². The largest absolute Gasteiger partial charge is 0.445 e. The van der Waals surface area contributed by atoms with Crippen LogP contribution < -0.4 is 10.6 Å². The molecule has 0 aliphatic heterocycles. The van der Waals surface area contributed by atoms with E-state index in [9.17, 15) is 14.0 Å². The predicted molar refractivity (Wildman–Crippen MR) is 117 cm³/mol. The van der Waals surface area contributed by atoms with Gasteiger partial charge in [0.1, 0.15) is 11.3 Å². The molecule has 0 spiro atoms. The van der Waals surface area contributed by atoms with E-state index < -0.39 is 17.3 Å². The van der Waals surface area contributed by atoms with E-state index in [1.54, 1.807) is 6.07 Å². The Balaban J connectivity index is 1.37. The molecule has 7 nitrogen and oxygen atoms in total. The van der Waals surface area contributed by atoms with E-state index in [1.807, 2.05) is 30.3 Å². The van der Waals surface area contributed by atoms with Crippen LogP contribution in [0.2, 0.25) is 0 Å². The monoisotopic (exact) mass is 432 g/mol. The summed E-state index contributed by atoms with van der Waals surface area (Å²) in [5.41, 5.74) is 1.70. The maximum atomic E-state index is 13.1. The third-order valence-electron chi connectivity index (χ3n) is 5.93. The minimum absolute atomic E-state index is 0.133. The maximum Gasteiger partial charge on any atom is 0.287 e. The van der Waals surface area contributed by atoms with Crippen molar-refractivity contribution in [1.82, 2.24) is 15.5 Å². The summed E-state index contributed by atoms with van der Waals surface area (Å²) in [5.74, 6) is -0.924. The zero-order valence-electron chi connectivity index (χ0n) is 17.2. The summed E-state index contributed by atoms with van der Waals surface area (Å²) in [6, 6.07) is 16.7. The molecule has 2 aromatic carbocycles. The molecule has 2 heterocycles. The van der Waals surface area contributed by atoms with Gasteiger partial charge in [0.2, 0.25) is 0 Å². The third-order valence-corrected chi connectivity index (χ3v) is 5.93. The Hall–Kier alpha value is -3.94. The number of carbonyl (C=O) groups excluding carboxylic acids is 2. The van der Waals surface area contributed by atoms with Gasteiger partial charge in [0, 0.05) is 11.6 Å². The molecule has 162 valence electrons. The molecule has 8 heteroatoms. The van der Waals surface area contributed by atoms with Gasteiger partial charge in [0.05, 0.1) is 5.54 Å². The SMILES string of the molecule is O=C(Nc1n[nH]c2cc(C(=O)NC3(c4ccccc4)CCCC3)oc12)c1ccc(F)cc1. The number of halogens is 1. The van der Waals surface area contributed by atoms with Gasteiger partial charge in [0.25, 0.3) is 11.8 Å². The van der Waals surface area contributed by atoms with Gasteiger partial charge in [-0.05, 0) is 42.7 Å². The summed E-state index contributed by atoms with van der Waals surface area (Å²) in [7, 11) is 0. The van der Waals surface area contributed by atoms with E-state index in [4.69, 9.17) is 4.42 Å². The van der Waals surface area contributed by atoms with Crippen molar-refractivity contribution in [2.75, 3.05) is 5.32 Å². The number of aromatic amines is 1. The van der Waals surface area contributed by atoms with E-state index in [2.05, 4.69) is 20.8 Å². The standard InChI is InChI=1S/C24H21FN4O3/c25-17-10-8-15(9-11-17)22(30)26-21-20-18(28-29-21)14-19(32-20)23(31)27-24(12-4-5-13-24)16-6-2-1-3-7-16/h1-3,6-11,14H,4-5,12-13H2,(H,27,31)(H2,26,28,29,30). The molecule has 0 unspecified atom stereocenters. The zero-order chi connectivity index (χ0) is 22.1. The van der Waals surface area contributed by atoms with Crippen molar-refractivity contribution >= 4 is 28.7 Å². The Labute approximate surface area is 183 Å². The van der Waals surface area contributed by atoms with Gasteiger partial charge in [-0.25, -0.2) is 4.39 Å². The first kappa shape index (κ1) is 20.0. The van der Waals surface area contributed by atoms with Crippen molar-refractivity contribution in [2.45, 2.75) is 31.2 Å². The van der Waals surface area contributed by atoms with E-state index in [0.717, 1.165) is 31.2 Å². The molecule has 1 aliphatic carbocycles. The van der Waals surface area contributed by atoms with Crippen molar-refractivity contribution in [3.8, 4) is 0 Å². The molecule has 3 N–H and O–H groups in total. The molecule has 2 aromatic heterocycles. The molecule has 4 aromatic rings. The van der Waals surface area contributed by atoms with Crippen LogP contribution in [0.15, 0.2) is 65.1 Å². The van der Waals surface area contributed by atoms with E-state index in [0.29, 0.717) is 5.52 Å². The maximum absolute atomic E-state index is 13.1. The predicted octanol–water partition coefficient (Wildman–Crippen LogP) is 4.75. The second-order valence-electron chi connectivity index (χ2n) is 8.00. The van der Waals surface area contributed by atoms with Gasteiger partial charge in [-0.3, -0.25) is 14.7 Å². The molecule has 0 saturated heterocycles. The first-order valence-electron chi connectivity index (χ1n) is 10.5. The van der Waals surface area contributed by atoms with E-state index in [1.165, 1.54) is 24.3 Å². The number of fused-ring (bicyclic) bond motifs is 1. The van der Waals surface area contributed by atoms with Crippen LogP contribution in [-0.2, 0) is 5.54 Å². The lowest BCUT2D eigenvalue weighted by molar-refractivity contribution is 0.0871. The average molecular weight is 432 g/mol. The summed E-state index contributed by atoms with van der Waals surface area (Å²) in [6.07, 6.45) is 3.80. The highest BCUT2D eigenvalue weighted by Crippen LogP contribution is 2.39. The Morgan fingerprint density at radius 1 is 1.00 bits per heavy atom. The van der Waals surface area contributed by atoms with Crippen LogP contribution in [-0.4, -0.2) is 22.0 Å². The summed E-state index contributed by atoms with van der Waals surface area (Å²) in [4.78, 5) is 25.5. The lowest BCUT2D eigenvalue weighted by atomic mass is 9.88. The molecule has 0 bridgehead atoms. The van der Waals surface area contributed by atoms with Crippen LogP contribution in [0.4, 0.5) is 10.2 Å². The van der Waals surface area contributed by atoms with Gasteiger partial charge in [-0.15, -0.1) is 0 Å². The number of amides is 2. The number of benzene rings is 2. The molecular formula is C24H21FN4O3. The fourth-order valence-corrected chi connectivity index (χ4v) is 4.29. The number of carbonyl (C=O) groups is 2. The summed E-state index contributed by atoms with van der Waals surface area (Å²) in [6.45, 7) is 0. The Morgan fingerprint density at radius 2 is 1.72 bits per heavy atom. The van der Waals surface area contributed by atoms with E-state index >= 15 is 0 Å². The number of nitrogens with one attached hydrogen (secondary N) is 3. The average Bonchev–Trinajstić information content (AvgIpc) is 3.53. The molecule has 0 radical (unpaired) electrons. The Kier molecular flexibility index (Phi) is 4.97. The van der Waals surface area contributed by atoms with Crippen molar-refractivity contribution < 1.29 is 18.4 Å². The van der Waals surface area contributed by atoms with Crippen LogP contribution in [0, 0.1) is 5.82 Å². The Bertz CT molecular complexity index is 1270. The summed E-state index contributed by atoms with van der Waals surface area (Å²) >= 11 is 0. The number of hydrogen-bond donors (Lipinski definition) is 3. The number of rotatable bonds is 5. The lowest BCUT2D eigenvalue weighted by Gasteiger charge is -2.30. The van der Waals surface area contributed by atoms with Crippen LogP contribution in [0.1, 0.15) is 52.2 Å². The fraction of sp³-hybridized carbons (Fsp3) is 0.208. The number of furan rings is 1. The highest BCUT2D eigenvalue weighted by Gasteiger charge is 2.37. The van der Waals surface area contributed by atoms with Crippen molar-refractivity contribution in [2.24, 2.45) is 0 Å². The number of aromatic nitrogens is 2. The molecule has 1 saturated carbocycles. The quantitative estimate of drug-likeness (QED) is 0.424. The van der Waals surface area contributed by atoms with Crippen LogP contribution in [0.25, 0.3) is 11.1 Å². The van der Waals surface area contributed by atoms with Crippen molar-refractivity contribution in [3.05, 3.63) is 83.4 Å². The Morgan fingerprint density at radius 3 is 2.44 bits per heavy atom. The van der Waals surface area contributed by atoms with Gasteiger partial charge < -0.3 is 15.1 Å². The van der Waals surface area contributed by atoms with Crippen LogP contribution in [0.3, 0.4) is 0 Å². The van der Waals surface area contributed by atoms with E-state index in [-0.39, 0.29) is 28.6 Å².